The molecule has 0 amide bonds. The molecule has 4 aromatic heterocycles. The molecular formula is C24H19ClN8. The Kier molecular flexibility index (Phi) is 4.48. The first-order chi connectivity index (χ1) is 16.1. The van der Waals surface area contributed by atoms with E-state index in [-0.39, 0.29) is 6.04 Å². The van der Waals surface area contributed by atoms with Gasteiger partial charge in [0.2, 0.25) is 0 Å². The van der Waals surface area contributed by atoms with Crippen LogP contribution in [-0.2, 0) is 0 Å². The van der Waals surface area contributed by atoms with E-state index in [1.54, 1.807) is 17.1 Å². The Morgan fingerprint density at radius 1 is 1.03 bits per heavy atom. The third-order valence-corrected chi connectivity index (χ3v) is 6.16. The van der Waals surface area contributed by atoms with E-state index in [9.17, 15) is 0 Å². The molecule has 33 heavy (non-hydrogen) atoms. The van der Waals surface area contributed by atoms with Gasteiger partial charge in [0.15, 0.2) is 0 Å². The number of fused-ring (bicyclic) bond motifs is 2. The molecule has 0 radical (unpaired) electrons. The first-order valence-corrected chi connectivity index (χ1v) is 10.9. The number of nitrogens with zero attached hydrogens (tertiary/aromatic N) is 7. The normalized spacial score (nSPS) is 12.6. The van der Waals surface area contributed by atoms with Gasteiger partial charge in [-0.2, -0.15) is 10.2 Å². The fourth-order valence-corrected chi connectivity index (χ4v) is 4.33. The van der Waals surface area contributed by atoms with Crippen LogP contribution in [0, 0.1) is 6.92 Å². The number of hydrogen-bond donors (Lipinski definition) is 1. The number of aromatic amines is 1. The molecule has 162 valence electrons. The fraction of sp³-hybridized carbons (Fsp3) is 0.125. The van der Waals surface area contributed by atoms with E-state index in [1.807, 2.05) is 60.3 Å². The average molecular weight is 455 g/mol. The second-order valence-electron chi connectivity index (χ2n) is 8.07. The van der Waals surface area contributed by atoms with Crippen molar-refractivity contribution in [1.82, 2.24) is 40.0 Å². The summed E-state index contributed by atoms with van der Waals surface area (Å²) in [6.45, 7) is 4.11. The van der Waals surface area contributed by atoms with Gasteiger partial charge in [0.1, 0.15) is 5.52 Å². The van der Waals surface area contributed by atoms with Crippen LogP contribution in [0.2, 0.25) is 5.02 Å². The Morgan fingerprint density at radius 3 is 2.79 bits per heavy atom. The second-order valence-corrected chi connectivity index (χ2v) is 8.47. The molecule has 0 bridgehead atoms. The Bertz CT molecular complexity index is 1610. The highest BCUT2D eigenvalue weighted by Gasteiger charge is 2.18. The van der Waals surface area contributed by atoms with Crippen molar-refractivity contribution in [2.75, 3.05) is 0 Å². The number of H-pyrrole nitrogens is 1. The van der Waals surface area contributed by atoms with Gasteiger partial charge >= 0.3 is 0 Å². The highest BCUT2D eigenvalue weighted by atomic mass is 35.5. The minimum absolute atomic E-state index is 0.0455. The molecule has 0 spiro atoms. The van der Waals surface area contributed by atoms with Crippen LogP contribution in [0.5, 0.6) is 0 Å². The molecule has 1 N–H and O–H groups in total. The van der Waals surface area contributed by atoms with Gasteiger partial charge in [-0.1, -0.05) is 22.9 Å². The van der Waals surface area contributed by atoms with Crippen molar-refractivity contribution in [2.24, 2.45) is 0 Å². The highest BCUT2D eigenvalue weighted by molar-refractivity contribution is 6.35. The lowest BCUT2D eigenvalue weighted by Gasteiger charge is -2.16. The number of rotatable bonds is 4. The number of pyridine rings is 1. The summed E-state index contributed by atoms with van der Waals surface area (Å²) >= 11 is 6.65. The summed E-state index contributed by atoms with van der Waals surface area (Å²) in [7, 11) is 0. The zero-order chi connectivity index (χ0) is 22.5. The summed E-state index contributed by atoms with van der Waals surface area (Å²) in [4.78, 5) is 4.58. The first-order valence-electron chi connectivity index (χ1n) is 10.5. The van der Waals surface area contributed by atoms with E-state index >= 15 is 0 Å². The first kappa shape index (κ1) is 19.6. The zero-order valence-electron chi connectivity index (χ0n) is 17.9. The highest BCUT2D eigenvalue weighted by Crippen LogP contribution is 2.32. The molecule has 2 aromatic carbocycles. The van der Waals surface area contributed by atoms with Crippen molar-refractivity contribution < 1.29 is 0 Å². The minimum Gasteiger partial charge on any atom is -0.278 e. The van der Waals surface area contributed by atoms with Crippen molar-refractivity contribution in [2.45, 2.75) is 19.9 Å². The number of benzene rings is 2. The standard InChI is InChI=1S/C24H19ClN8/c1-14-3-6-20(26-12-14)15(2)32-22(7-8-28-32)17-9-19(25)24-23(10-17)33(31-30-24)18-5-4-16-13-27-29-21(16)11-18/h3-13,15H,1-2H3,(H,27,29). The Balaban J connectivity index is 1.47. The van der Waals surface area contributed by atoms with Gasteiger partial charge in [-0.3, -0.25) is 14.8 Å². The summed E-state index contributed by atoms with van der Waals surface area (Å²) in [5, 5.41) is 21.9. The minimum atomic E-state index is -0.0455. The molecule has 6 aromatic rings. The monoisotopic (exact) mass is 454 g/mol. The van der Waals surface area contributed by atoms with Crippen molar-refractivity contribution >= 4 is 33.5 Å². The number of hydrogen-bond acceptors (Lipinski definition) is 5. The molecule has 0 fully saturated rings. The molecule has 1 atom stereocenters. The largest absolute Gasteiger partial charge is 0.278 e. The quantitative estimate of drug-likeness (QED) is 0.399. The zero-order valence-corrected chi connectivity index (χ0v) is 18.7. The summed E-state index contributed by atoms with van der Waals surface area (Å²) in [6.07, 6.45) is 5.46. The van der Waals surface area contributed by atoms with E-state index < -0.39 is 0 Å². The van der Waals surface area contributed by atoms with Gasteiger partial charge in [-0.05, 0) is 61.9 Å². The number of aromatic nitrogens is 8. The smallest absolute Gasteiger partial charge is 0.132 e. The molecule has 1 unspecified atom stereocenters. The molecule has 0 saturated carbocycles. The molecule has 0 aliphatic rings. The molecule has 0 aliphatic heterocycles. The third kappa shape index (κ3) is 3.27. The van der Waals surface area contributed by atoms with Gasteiger partial charge in [0.25, 0.3) is 0 Å². The van der Waals surface area contributed by atoms with Crippen LogP contribution >= 0.6 is 11.6 Å². The van der Waals surface area contributed by atoms with Crippen LogP contribution in [0.4, 0.5) is 0 Å². The van der Waals surface area contributed by atoms with E-state index in [1.165, 1.54) is 0 Å². The second kappa shape index (κ2) is 7.53. The summed E-state index contributed by atoms with van der Waals surface area (Å²) < 4.78 is 3.75. The van der Waals surface area contributed by atoms with E-state index in [0.29, 0.717) is 10.5 Å². The molecule has 9 heteroatoms. The maximum absolute atomic E-state index is 6.65. The predicted molar refractivity (Wildman–Crippen MR) is 128 cm³/mol. The summed E-state index contributed by atoms with van der Waals surface area (Å²) in [5.74, 6) is 0. The van der Waals surface area contributed by atoms with Crippen LogP contribution in [0.15, 0.2) is 67.1 Å². The topological polar surface area (TPSA) is 90.1 Å². The van der Waals surface area contributed by atoms with Gasteiger partial charge in [-0.15, -0.1) is 5.10 Å². The molecule has 8 nitrogen and oxygen atoms in total. The van der Waals surface area contributed by atoms with Crippen LogP contribution in [0.25, 0.3) is 38.9 Å². The molecule has 0 saturated heterocycles. The Hall–Kier alpha value is -4.04. The third-order valence-electron chi connectivity index (χ3n) is 5.87. The Labute approximate surface area is 193 Å². The van der Waals surface area contributed by atoms with E-state index in [4.69, 9.17) is 11.6 Å². The van der Waals surface area contributed by atoms with Crippen LogP contribution in [0.1, 0.15) is 24.2 Å². The lowest BCUT2D eigenvalue weighted by Crippen LogP contribution is -2.11. The van der Waals surface area contributed by atoms with Crippen LogP contribution in [-0.4, -0.2) is 40.0 Å². The molecule has 0 aliphatic carbocycles. The lowest BCUT2D eigenvalue weighted by atomic mass is 10.1. The van der Waals surface area contributed by atoms with Crippen molar-refractivity contribution in [3.8, 4) is 16.9 Å². The van der Waals surface area contributed by atoms with Crippen LogP contribution in [0.3, 0.4) is 0 Å². The average Bonchev–Trinajstić information content (AvgIpc) is 3.57. The summed E-state index contributed by atoms with van der Waals surface area (Å²) in [5.41, 5.74) is 7.18. The van der Waals surface area contributed by atoms with Crippen molar-refractivity contribution in [3.63, 3.8) is 0 Å². The SMILES string of the molecule is Cc1ccc(C(C)n2nccc2-c2cc(Cl)c3nnn(-c4ccc5cn[nH]c5c4)c3c2)nc1. The van der Waals surface area contributed by atoms with Gasteiger partial charge in [0.05, 0.1) is 45.4 Å². The van der Waals surface area contributed by atoms with Gasteiger partial charge in [0, 0.05) is 23.3 Å². The van der Waals surface area contributed by atoms with Gasteiger partial charge in [-0.25, -0.2) is 4.68 Å². The maximum Gasteiger partial charge on any atom is 0.132 e. The van der Waals surface area contributed by atoms with Crippen molar-refractivity contribution in [1.29, 1.82) is 0 Å². The van der Waals surface area contributed by atoms with Crippen molar-refractivity contribution in [3.05, 3.63) is 83.4 Å². The predicted octanol–water partition coefficient (Wildman–Crippen LogP) is 5.13. The van der Waals surface area contributed by atoms with E-state index in [0.717, 1.165) is 44.6 Å². The fourth-order valence-electron chi connectivity index (χ4n) is 4.08. The molecular weight excluding hydrogens is 436 g/mol. The number of halogens is 1. The molecule has 4 heterocycles. The maximum atomic E-state index is 6.65. The lowest BCUT2D eigenvalue weighted by molar-refractivity contribution is 0.557. The summed E-state index contributed by atoms with van der Waals surface area (Å²) in [6, 6.07) is 16.0. The Morgan fingerprint density at radius 2 is 1.94 bits per heavy atom. The van der Waals surface area contributed by atoms with Crippen LogP contribution < -0.4 is 0 Å². The number of aryl methyl sites for hydroxylation is 1. The molecule has 6 rings (SSSR count). The van der Waals surface area contributed by atoms with E-state index in [2.05, 4.69) is 43.6 Å². The van der Waals surface area contributed by atoms with Gasteiger partial charge < -0.3 is 0 Å². The number of nitrogens with one attached hydrogen (secondary N) is 1.